The summed E-state index contributed by atoms with van der Waals surface area (Å²) in [6, 6.07) is 6.13. The molecule has 0 aliphatic heterocycles. The van der Waals surface area contributed by atoms with Crippen LogP contribution in [0.3, 0.4) is 0 Å². The molecule has 0 aliphatic carbocycles. The molecule has 0 atom stereocenters. The first-order valence-electron chi connectivity index (χ1n) is 4.00. The molecule has 0 fully saturated rings. The molecule has 15 heavy (non-hydrogen) atoms. The van der Waals surface area contributed by atoms with Gasteiger partial charge in [0.1, 0.15) is 5.75 Å². The minimum Gasteiger partial charge on any atom is -1.00 e. The molecule has 0 heterocycles. The van der Waals surface area contributed by atoms with Crippen molar-refractivity contribution >= 4 is 11.9 Å². The number of hydrogen-bond donors (Lipinski definition) is 0. The van der Waals surface area contributed by atoms with Gasteiger partial charge in [0.15, 0.2) is 0 Å². The van der Waals surface area contributed by atoms with Crippen LogP contribution in [0.1, 0.15) is 18.7 Å². The van der Waals surface area contributed by atoms with Crippen molar-refractivity contribution in [2.45, 2.75) is 6.92 Å². The monoisotopic (exact) mass is 234 g/mol. The van der Waals surface area contributed by atoms with E-state index in [0.717, 1.165) is 0 Å². The van der Waals surface area contributed by atoms with Crippen molar-refractivity contribution in [2.75, 3.05) is 7.11 Å². The normalized spacial score (nSPS) is 8.67. The molecule has 0 radical (unpaired) electrons. The summed E-state index contributed by atoms with van der Waals surface area (Å²) in [4.78, 5) is 21.6. The Morgan fingerprint density at radius 3 is 2.13 bits per heavy atom. The van der Waals surface area contributed by atoms with Gasteiger partial charge in [-0.25, -0.2) is 4.79 Å². The van der Waals surface area contributed by atoms with Gasteiger partial charge < -0.3 is 10.9 Å². The summed E-state index contributed by atoms with van der Waals surface area (Å²) in [5, 5.41) is 0. The maximum Gasteiger partial charge on any atom is 1.00 e. The molecule has 0 bridgehead atoms. The van der Waals surface area contributed by atoms with Crippen molar-refractivity contribution in [2.24, 2.45) is 0 Å². The first-order valence-corrected chi connectivity index (χ1v) is 4.00. The summed E-state index contributed by atoms with van der Waals surface area (Å²) in [7, 11) is 1.31. The topological polar surface area (TPSA) is 52.6 Å². The molecule has 0 spiro atoms. The Morgan fingerprint density at radius 1 is 1.20 bits per heavy atom. The van der Waals surface area contributed by atoms with Gasteiger partial charge in [-0.1, -0.05) is 0 Å². The van der Waals surface area contributed by atoms with Gasteiger partial charge in [-0.3, -0.25) is 4.79 Å². The van der Waals surface area contributed by atoms with E-state index in [1.807, 2.05) is 0 Å². The molecule has 1 aromatic carbocycles. The summed E-state index contributed by atoms with van der Waals surface area (Å²) in [6.07, 6.45) is 0. The van der Waals surface area contributed by atoms with E-state index in [4.69, 9.17) is 4.74 Å². The predicted octanol–water partition coefficient (Wildman–Crippen LogP) is -1.48. The fourth-order valence-electron chi connectivity index (χ4n) is 0.943. The molecule has 0 amide bonds. The number of hydrogen-bond acceptors (Lipinski definition) is 4. The van der Waals surface area contributed by atoms with Gasteiger partial charge in [-0.15, -0.1) is 0 Å². The van der Waals surface area contributed by atoms with Crippen molar-refractivity contribution in [3.8, 4) is 5.75 Å². The quantitative estimate of drug-likeness (QED) is 0.355. The van der Waals surface area contributed by atoms with Crippen molar-refractivity contribution in [1.82, 2.24) is 0 Å². The number of ether oxygens (including phenoxy) is 2. The average molecular weight is 234 g/mol. The Kier molecular flexibility index (Phi) is 7.04. The maximum atomic E-state index is 11.0. The second kappa shape index (κ2) is 7.13. The van der Waals surface area contributed by atoms with Crippen molar-refractivity contribution in [1.29, 1.82) is 0 Å². The van der Waals surface area contributed by atoms with Gasteiger partial charge in [-0.05, 0) is 24.3 Å². The maximum absolute atomic E-state index is 11.0. The second-order valence-electron chi connectivity index (χ2n) is 2.61. The molecular weight excluding hydrogens is 223 g/mol. The van der Waals surface area contributed by atoms with Gasteiger partial charge in [0.05, 0.1) is 12.7 Å². The van der Waals surface area contributed by atoms with E-state index in [1.165, 1.54) is 38.3 Å². The summed E-state index contributed by atoms with van der Waals surface area (Å²) in [5.74, 6) is -0.402. The van der Waals surface area contributed by atoms with Crippen molar-refractivity contribution in [3.63, 3.8) is 0 Å². The molecule has 5 heteroatoms. The number of benzene rings is 1. The van der Waals surface area contributed by atoms with Crippen LogP contribution >= 0.6 is 0 Å². The third kappa shape index (κ3) is 4.90. The number of esters is 2. The molecule has 0 saturated carbocycles. The van der Waals surface area contributed by atoms with E-state index in [0.29, 0.717) is 11.3 Å². The van der Waals surface area contributed by atoms with E-state index in [9.17, 15) is 9.59 Å². The third-order valence-corrected chi connectivity index (χ3v) is 1.54. The Labute approximate surface area is 132 Å². The van der Waals surface area contributed by atoms with E-state index in [1.54, 1.807) is 0 Å². The van der Waals surface area contributed by atoms with Gasteiger partial charge in [0, 0.05) is 6.92 Å². The predicted molar refractivity (Wildman–Crippen MR) is 50.2 cm³/mol. The smallest absolute Gasteiger partial charge is 1.00 e. The summed E-state index contributed by atoms with van der Waals surface area (Å²) in [6.45, 7) is 1.31. The Morgan fingerprint density at radius 2 is 1.73 bits per heavy atom. The zero-order chi connectivity index (χ0) is 10.6. The van der Waals surface area contributed by atoms with E-state index < -0.39 is 11.9 Å². The number of rotatable bonds is 2. The van der Waals surface area contributed by atoms with E-state index in [2.05, 4.69) is 4.74 Å². The minimum atomic E-state index is -0.417. The molecule has 0 aromatic heterocycles. The summed E-state index contributed by atoms with van der Waals surface area (Å²) < 4.78 is 9.30. The zero-order valence-electron chi connectivity index (χ0n) is 9.94. The first kappa shape index (κ1) is 14.8. The largest absolute Gasteiger partial charge is 1.00 e. The van der Waals surface area contributed by atoms with Gasteiger partial charge in [-0.2, -0.15) is 0 Å². The Hall–Kier alpha value is -0.204. The molecule has 0 saturated heterocycles. The minimum absolute atomic E-state index is 0. The van der Waals surface area contributed by atoms with Crippen LogP contribution in [-0.4, -0.2) is 19.0 Å². The molecule has 0 N–H and O–H groups in total. The van der Waals surface area contributed by atoms with Crippen LogP contribution in [0.2, 0.25) is 0 Å². The number of carbonyl (C=O) groups is 2. The fourth-order valence-corrected chi connectivity index (χ4v) is 0.943. The van der Waals surface area contributed by atoms with Gasteiger partial charge >= 0.3 is 63.3 Å². The van der Waals surface area contributed by atoms with Crippen LogP contribution in [-0.2, 0) is 9.53 Å². The molecule has 0 unspecified atom stereocenters. The number of methoxy groups -OCH3 is 1. The standard InChI is InChI=1S/C10H10O4.K.H/c1-7(11)14-9-5-3-8(4-6-9)10(12)13-2;;/h3-6H,1-2H3;;/q;+1;-1. The van der Waals surface area contributed by atoms with Crippen molar-refractivity contribution in [3.05, 3.63) is 29.8 Å². The van der Waals surface area contributed by atoms with Crippen molar-refractivity contribution < 1.29 is 71.9 Å². The fraction of sp³-hybridized carbons (Fsp3) is 0.200. The molecule has 1 aromatic rings. The van der Waals surface area contributed by atoms with Crippen LogP contribution in [0.5, 0.6) is 5.75 Å². The average Bonchev–Trinajstić information content (AvgIpc) is 2.17. The molecule has 1 rings (SSSR count). The van der Waals surface area contributed by atoms with Crippen LogP contribution in [0.15, 0.2) is 24.3 Å². The molecule has 4 nitrogen and oxygen atoms in total. The molecule has 0 aliphatic rings. The second-order valence-corrected chi connectivity index (χ2v) is 2.61. The van der Waals surface area contributed by atoms with Crippen LogP contribution < -0.4 is 56.1 Å². The summed E-state index contributed by atoms with van der Waals surface area (Å²) >= 11 is 0. The molecule has 76 valence electrons. The van der Waals surface area contributed by atoms with Gasteiger partial charge in [0.25, 0.3) is 0 Å². The van der Waals surface area contributed by atoms with E-state index in [-0.39, 0.29) is 52.8 Å². The summed E-state index contributed by atoms with van der Waals surface area (Å²) in [5.41, 5.74) is 0.420. The zero-order valence-corrected chi connectivity index (χ0v) is 12.1. The Bertz CT molecular complexity index is 350. The van der Waals surface area contributed by atoms with Crippen LogP contribution in [0.4, 0.5) is 0 Å². The van der Waals surface area contributed by atoms with Crippen LogP contribution in [0, 0.1) is 0 Å². The first-order chi connectivity index (χ1) is 6.63. The van der Waals surface area contributed by atoms with E-state index >= 15 is 0 Å². The molecular formula is C10H11KO4. The third-order valence-electron chi connectivity index (χ3n) is 1.54. The number of carbonyl (C=O) groups excluding carboxylic acids is 2. The Balaban J connectivity index is 0. The SMILES string of the molecule is COC(=O)c1ccc(OC(C)=O)cc1.[H-].[K+]. The van der Waals surface area contributed by atoms with Gasteiger partial charge in [0.2, 0.25) is 0 Å². The van der Waals surface area contributed by atoms with Crippen LogP contribution in [0.25, 0.3) is 0 Å².